The summed E-state index contributed by atoms with van der Waals surface area (Å²) in [6.45, 7) is 4.18. The summed E-state index contributed by atoms with van der Waals surface area (Å²) in [5.74, 6) is -0.548. The van der Waals surface area contributed by atoms with E-state index in [2.05, 4.69) is 4.98 Å². The molecule has 2 heterocycles. The number of rotatable bonds is 3. The van der Waals surface area contributed by atoms with E-state index in [9.17, 15) is 9.59 Å². The predicted octanol–water partition coefficient (Wildman–Crippen LogP) is 2.50. The third-order valence-electron chi connectivity index (χ3n) is 3.49. The number of imidazole rings is 1. The van der Waals surface area contributed by atoms with Crippen LogP contribution in [0.5, 0.6) is 0 Å². The number of halogens is 1. The van der Waals surface area contributed by atoms with Crippen LogP contribution in [0.4, 0.5) is 0 Å². The summed E-state index contributed by atoms with van der Waals surface area (Å²) in [4.78, 5) is 28.9. The van der Waals surface area contributed by atoms with Crippen molar-refractivity contribution >= 4 is 34.1 Å². The second-order valence-corrected chi connectivity index (χ2v) is 5.10. The molecule has 0 saturated carbocycles. The monoisotopic (exact) mass is 319 g/mol. The Morgan fingerprint density at radius 1 is 1.36 bits per heavy atom. The number of hydrogen-bond donors (Lipinski definition) is 0. The lowest BCUT2D eigenvalue weighted by Crippen LogP contribution is -2.23. The lowest BCUT2D eigenvalue weighted by molar-refractivity contribution is 0.0522. The van der Waals surface area contributed by atoms with E-state index >= 15 is 0 Å². The van der Waals surface area contributed by atoms with Gasteiger partial charge in [0.1, 0.15) is 6.33 Å². The quantitative estimate of drug-likeness (QED) is 0.696. The van der Waals surface area contributed by atoms with Crippen molar-refractivity contribution < 1.29 is 9.53 Å². The minimum absolute atomic E-state index is 0.127. The number of aromatic nitrogens is 3. The van der Waals surface area contributed by atoms with E-state index < -0.39 is 5.97 Å². The van der Waals surface area contributed by atoms with Crippen molar-refractivity contribution in [2.24, 2.45) is 0 Å². The molecule has 22 heavy (non-hydrogen) atoms. The number of fused-ring (bicyclic) bond motifs is 3. The maximum Gasteiger partial charge on any atom is 0.360 e. The van der Waals surface area contributed by atoms with Crippen molar-refractivity contribution in [1.29, 1.82) is 0 Å². The van der Waals surface area contributed by atoms with Gasteiger partial charge in [0.25, 0.3) is 5.56 Å². The zero-order chi connectivity index (χ0) is 15.9. The fourth-order valence-corrected chi connectivity index (χ4v) is 2.82. The maximum absolute atomic E-state index is 12.7. The summed E-state index contributed by atoms with van der Waals surface area (Å²) in [7, 11) is 0. The van der Waals surface area contributed by atoms with E-state index in [4.69, 9.17) is 16.3 Å². The van der Waals surface area contributed by atoms with E-state index in [1.165, 1.54) is 10.9 Å². The molecule has 0 amide bonds. The lowest BCUT2D eigenvalue weighted by atomic mass is 10.2. The van der Waals surface area contributed by atoms with Crippen LogP contribution < -0.4 is 5.56 Å². The molecule has 0 aliphatic rings. The summed E-state index contributed by atoms with van der Waals surface area (Å²) < 4.78 is 8.19. The average molecular weight is 320 g/mol. The van der Waals surface area contributed by atoms with E-state index in [1.54, 1.807) is 29.5 Å². The Morgan fingerprint density at radius 2 is 2.14 bits per heavy atom. The molecule has 0 atom stereocenters. The topological polar surface area (TPSA) is 65.6 Å². The highest BCUT2D eigenvalue weighted by Gasteiger charge is 2.21. The molecule has 1 aromatic carbocycles. The van der Waals surface area contributed by atoms with Gasteiger partial charge in [-0.25, -0.2) is 9.78 Å². The number of hydrogen-bond acceptors (Lipinski definition) is 4. The maximum atomic E-state index is 12.7. The zero-order valence-corrected chi connectivity index (χ0v) is 12.9. The van der Waals surface area contributed by atoms with Crippen LogP contribution in [0.2, 0.25) is 5.02 Å². The molecule has 0 aliphatic heterocycles. The van der Waals surface area contributed by atoms with E-state index in [0.29, 0.717) is 28.1 Å². The van der Waals surface area contributed by atoms with Crippen LogP contribution in [-0.4, -0.2) is 26.5 Å². The largest absolute Gasteiger partial charge is 0.461 e. The molecule has 7 heteroatoms. The Labute approximate surface area is 130 Å². The first-order valence-corrected chi connectivity index (χ1v) is 7.33. The van der Waals surface area contributed by atoms with Crippen molar-refractivity contribution in [3.8, 4) is 0 Å². The van der Waals surface area contributed by atoms with Crippen molar-refractivity contribution in [2.75, 3.05) is 6.61 Å². The zero-order valence-electron chi connectivity index (χ0n) is 12.2. The predicted molar refractivity (Wildman–Crippen MR) is 83.6 cm³/mol. The van der Waals surface area contributed by atoms with Crippen LogP contribution in [0.15, 0.2) is 29.3 Å². The second-order valence-electron chi connectivity index (χ2n) is 4.69. The molecule has 0 spiro atoms. The van der Waals surface area contributed by atoms with E-state index in [1.807, 2.05) is 6.92 Å². The third-order valence-corrected chi connectivity index (χ3v) is 3.81. The van der Waals surface area contributed by atoms with Crippen LogP contribution in [0, 0.1) is 0 Å². The molecule has 6 nitrogen and oxygen atoms in total. The van der Waals surface area contributed by atoms with E-state index in [-0.39, 0.29) is 17.9 Å². The number of aryl methyl sites for hydroxylation is 1. The Morgan fingerprint density at radius 3 is 2.82 bits per heavy atom. The Hall–Kier alpha value is -2.34. The standard InChI is InChI=1S/C15H14ClN3O3/c1-3-18-13-12(15(21)22-4-2)17-8-19(13)10-7-5-6-9(16)11(10)14(18)20/h5-8H,3-4H2,1-2H3. The first-order valence-electron chi connectivity index (χ1n) is 6.95. The minimum Gasteiger partial charge on any atom is -0.461 e. The fourth-order valence-electron chi connectivity index (χ4n) is 2.57. The Kier molecular flexibility index (Phi) is 3.62. The van der Waals surface area contributed by atoms with E-state index in [0.717, 1.165) is 0 Å². The van der Waals surface area contributed by atoms with Crippen molar-refractivity contribution in [3.05, 3.63) is 45.6 Å². The van der Waals surface area contributed by atoms with Gasteiger partial charge in [-0.1, -0.05) is 17.7 Å². The van der Waals surface area contributed by atoms with Gasteiger partial charge >= 0.3 is 5.97 Å². The number of nitrogens with zero attached hydrogens (tertiary/aromatic N) is 3. The minimum atomic E-state index is -0.548. The molecule has 0 saturated heterocycles. The van der Waals surface area contributed by atoms with Gasteiger partial charge in [0.05, 0.1) is 22.5 Å². The van der Waals surface area contributed by atoms with Crippen LogP contribution in [0.25, 0.3) is 16.6 Å². The van der Waals surface area contributed by atoms with Crippen LogP contribution in [0.3, 0.4) is 0 Å². The van der Waals surface area contributed by atoms with Gasteiger partial charge in [0, 0.05) is 6.54 Å². The van der Waals surface area contributed by atoms with Gasteiger partial charge in [0.15, 0.2) is 11.3 Å². The summed E-state index contributed by atoms with van der Waals surface area (Å²) >= 11 is 6.17. The van der Waals surface area contributed by atoms with Crippen molar-refractivity contribution in [2.45, 2.75) is 20.4 Å². The molecule has 0 radical (unpaired) electrons. The van der Waals surface area contributed by atoms with Gasteiger partial charge in [-0.15, -0.1) is 0 Å². The summed E-state index contributed by atoms with van der Waals surface area (Å²) in [5, 5.41) is 0.782. The first-order chi connectivity index (χ1) is 10.6. The molecule has 0 bridgehead atoms. The molecule has 0 fully saturated rings. The normalized spacial score (nSPS) is 11.2. The molecule has 3 aromatic rings. The first kappa shape index (κ1) is 14.6. The average Bonchev–Trinajstić information content (AvgIpc) is 2.93. The van der Waals surface area contributed by atoms with Crippen LogP contribution in [-0.2, 0) is 11.3 Å². The molecule has 0 aliphatic carbocycles. The summed E-state index contributed by atoms with van der Waals surface area (Å²) in [6, 6.07) is 5.19. The molecule has 0 N–H and O–H groups in total. The Bertz CT molecular complexity index is 942. The Balaban J connectivity index is 2.50. The number of esters is 1. The molecule has 3 rings (SSSR count). The highest BCUT2D eigenvalue weighted by atomic mass is 35.5. The molecular weight excluding hydrogens is 306 g/mol. The van der Waals surface area contributed by atoms with Gasteiger partial charge < -0.3 is 4.74 Å². The van der Waals surface area contributed by atoms with Gasteiger partial charge in [-0.3, -0.25) is 13.8 Å². The third kappa shape index (κ3) is 1.99. The number of carbonyl (C=O) groups is 1. The SMILES string of the molecule is CCOC(=O)c1ncn2c3cccc(Cl)c3c(=O)n(CC)c12. The second kappa shape index (κ2) is 5.46. The van der Waals surface area contributed by atoms with Crippen LogP contribution >= 0.6 is 11.6 Å². The van der Waals surface area contributed by atoms with Gasteiger partial charge in [-0.2, -0.15) is 0 Å². The fraction of sp³-hybridized carbons (Fsp3) is 0.267. The highest BCUT2D eigenvalue weighted by Crippen LogP contribution is 2.23. The van der Waals surface area contributed by atoms with Crippen molar-refractivity contribution in [1.82, 2.24) is 14.0 Å². The molecule has 2 aromatic heterocycles. The van der Waals surface area contributed by atoms with Gasteiger partial charge in [-0.05, 0) is 26.0 Å². The molecule has 114 valence electrons. The van der Waals surface area contributed by atoms with Crippen molar-refractivity contribution in [3.63, 3.8) is 0 Å². The summed E-state index contributed by atoms with van der Waals surface area (Å²) in [5.41, 5.74) is 0.908. The van der Waals surface area contributed by atoms with Gasteiger partial charge in [0.2, 0.25) is 0 Å². The molecule has 0 unspecified atom stereocenters. The smallest absolute Gasteiger partial charge is 0.360 e. The van der Waals surface area contributed by atoms with Crippen LogP contribution in [0.1, 0.15) is 24.3 Å². The highest BCUT2D eigenvalue weighted by molar-refractivity contribution is 6.35. The summed E-state index contributed by atoms with van der Waals surface area (Å²) in [6.07, 6.45) is 1.51. The number of carbonyl (C=O) groups excluding carboxylic acids is 1. The lowest BCUT2D eigenvalue weighted by Gasteiger charge is -2.11. The number of benzene rings is 1. The number of ether oxygens (including phenoxy) is 1. The molecular formula is C15H14ClN3O3.